The molecule has 0 spiro atoms. The SMILES string of the molecule is CCSc1cc(C2(c3ccncc3)N=CN=N2)ccc1C. The van der Waals surface area contributed by atoms with Crippen molar-refractivity contribution in [1.29, 1.82) is 0 Å². The first kappa shape index (κ1) is 13.9. The number of azo groups is 1. The fraction of sp³-hybridized carbons (Fsp3) is 0.250. The molecule has 1 unspecified atom stereocenters. The maximum absolute atomic E-state index is 4.54. The highest BCUT2D eigenvalue weighted by Gasteiger charge is 2.36. The third-order valence-electron chi connectivity index (χ3n) is 3.47. The van der Waals surface area contributed by atoms with Gasteiger partial charge in [0.15, 0.2) is 0 Å². The van der Waals surface area contributed by atoms with Gasteiger partial charge in [0.2, 0.25) is 5.66 Å². The highest BCUT2D eigenvalue weighted by Crippen LogP contribution is 2.39. The summed E-state index contributed by atoms with van der Waals surface area (Å²) in [5, 5.41) is 8.40. The molecular weight excluding hydrogens is 280 g/mol. The summed E-state index contributed by atoms with van der Waals surface area (Å²) in [6, 6.07) is 10.3. The number of benzene rings is 1. The summed E-state index contributed by atoms with van der Waals surface area (Å²) < 4.78 is 0. The average Bonchev–Trinajstić information content (AvgIpc) is 3.01. The number of rotatable bonds is 4. The van der Waals surface area contributed by atoms with Crippen LogP contribution in [0.1, 0.15) is 23.6 Å². The Kier molecular flexibility index (Phi) is 3.84. The van der Waals surface area contributed by atoms with E-state index in [2.05, 4.69) is 52.3 Å². The van der Waals surface area contributed by atoms with E-state index in [1.165, 1.54) is 16.8 Å². The lowest BCUT2D eigenvalue weighted by Gasteiger charge is -2.23. The van der Waals surface area contributed by atoms with Crippen LogP contribution in [0, 0.1) is 6.92 Å². The molecule has 1 atom stereocenters. The van der Waals surface area contributed by atoms with E-state index in [1.54, 1.807) is 12.4 Å². The summed E-state index contributed by atoms with van der Waals surface area (Å²) in [7, 11) is 0. The summed E-state index contributed by atoms with van der Waals surface area (Å²) in [6.07, 6.45) is 5.04. The maximum Gasteiger partial charge on any atom is 0.223 e. The second-order valence-corrected chi connectivity index (χ2v) is 6.09. The van der Waals surface area contributed by atoms with E-state index >= 15 is 0 Å². The zero-order chi connectivity index (χ0) is 14.7. The molecule has 21 heavy (non-hydrogen) atoms. The fourth-order valence-corrected chi connectivity index (χ4v) is 3.21. The smallest absolute Gasteiger partial charge is 0.223 e. The van der Waals surface area contributed by atoms with E-state index in [-0.39, 0.29) is 0 Å². The van der Waals surface area contributed by atoms with Crippen molar-refractivity contribution in [2.75, 3.05) is 5.75 Å². The molecule has 0 fully saturated rings. The van der Waals surface area contributed by atoms with Crippen molar-refractivity contribution in [3.8, 4) is 0 Å². The van der Waals surface area contributed by atoms with Gasteiger partial charge >= 0.3 is 0 Å². The van der Waals surface area contributed by atoms with Crippen molar-refractivity contribution in [2.24, 2.45) is 15.2 Å². The molecule has 1 aliphatic rings. The molecule has 1 aromatic carbocycles. The first-order valence-corrected chi connectivity index (χ1v) is 7.85. The molecule has 0 radical (unpaired) electrons. The quantitative estimate of drug-likeness (QED) is 0.794. The van der Waals surface area contributed by atoms with Gasteiger partial charge in [-0.1, -0.05) is 19.1 Å². The van der Waals surface area contributed by atoms with Gasteiger partial charge in [0.1, 0.15) is 6.34 Å². The van der Waals surface area contributed by atoms with E-state index < -0.39 is 5.66 Å². The predicted molar refractivity (Wildman–Crippen MR) is 85.9 cm³/mol. The third-order valence-corrected chi connectivity index (χ3v) is 4.51. The van der Waals surface area contributed by atoms with Gasteiger partial charge in [0.05, 0.1) is 0 Å². The van der Waals surface area contributed by atoms with E-state index in [9.17, 15) is 0 Å². The van der Waals surface area contributed by atoms with Crippen LogP contribution in [0.2, 0.25) is 0 Å². The molecule has 2 aromatic rings. The van der Waals surface area contributed by atoms with Gasteiger partial charge in [-0.3, -0.25) is 4.98 Å². The summed E-state index contributed by atoms with van der Waals surface area (Å²) >= 11 is 1.83. The van der Waals surface area contributed by atoms with Gasteiger partial charge in [-0.15, -0.1) is 22.0 Å². The number of hydrogen-bond acceptors (Lipinski definition) is 5. The second-order valence-electron chi connectivity index (χ2n) is 4.78. The highest BCUT2D eigenvalue weighted by atomic mass is 32.2. The molecule has 5 heteroatoms. The van der Waals surface area contributed by atoms with E-state index in [0.717, 1.165) is 16.9 Å². The fourth-order valence-electron chi connectivity index (χ4n) is 2.39. The molecule has 0 saturated heterocycles. The standard InChI is InChI=1S/C16H16N4S/c1-3-21-15-10-14(5-4-12(15)2)16(18-11-19-20-16)13-6-8-17-9-7-13/h4-11H,3H2,1-2H3. The molecule has 0 N–H and O–H groups in total. The van der Waals surface area contributed by atoms with Crippen LogP contribution in [0.3, 0.4) is 0 Å². The lowest BCUT2D eigenvalue weighted by molar-refractivity contribution is 0.569. The zero-order valence-corrected chi connectivity index (χ0v) is 12.8. The number of pyridine rings is 1. The Hall–Kier alpha value is -2.01. The summed E-state index contributed by atoms with van der Waals surface area (Å²) in [4.78, 5) is 9.88. The Bertz CT molecular complexity index is 683. The molecule has 3 rings (SSSR count). The molecule has 0 bridgehead atoms. The Morgan fingerprint density at radius 3 is 2.57 bits per heavy atom. The molecule has 1 aliphatic heterocycles. The largest absolute Gasteiger partial charge is 0.265 e. The Balaban J connectivity index is 2.13. The van der Waals surface area contributed by atoms with Gasteiger partial charge in [0.25, 0.3) is 0 Å². The van der Waals surface area contributed by atoms with Crippen molar-refractivity contribution in [1.82, 2.24) is 4.98 Å². The molecule has 0 amide bonds. The van der Waals surface area contributed by atoms with E-state index in [0.29, 0.717) is 0 Å². The van der Waals surface area contributed by atoms with Crippen molar-refractivity contribution in [3.63, 3.8) is 0 Å². The van der Waals surface area contributed by atoms with Crippen LogP contribution in [0.25, 0.3) is 0 Å². The van der Waals surface area contributed by atoms with E-state index in [1.807, 2.05) is 23.9 Å². The second kappa shape index (κ2) is 5.77. The topological polar surface area (TPSA) is 50.0 Å². The number of thioether (sulfide) groups is 1. The van der Waals surface area contributed by atoms with E-state index in [4.69, 9.17) is 0 Å². The Morgan fingerprint density at radius 2 is 1.90 bits per heavy atom. The minimum Gasteiger partial charge on any atom is -0.265 e. The molecule has 2 heterocycles. The van der Waals surface area contributed by atoms with Gasteiger partial charge < -0.3 is 0 Å². The highest BCUT2D eigenvalue weighted by molar-refractivity contribution is 7.99. The average molecular weight is 296 g/mol. The lowest BCUT2D eigenvalue weighted by Crippen LogP contribution is -2.20. The minimum atomic E-state index is -0.764. The lowest BCUT2D eigenvalue weighted by atomic mass is 9.92. The third kappa shape index (κ3) is 2.49. The normalized spacial score (nSPS) is 20.1. The maximum atomic E-state index is 4.54. The Labute approximate surface area is 128 Å². The first-order chi connectivity index (χ1) is 10.3. The van der Waals surface area contributed by atoms with Gasteiger partial charge in [0, 0.05) is 28.4 Å². The van der Waals surface area contributed by atoms with Crippen LogP contribution < -0.4 is 0 Å². The van der Waals surface area contributed by atoms with Crippen LogP contribution in [-0.2, 0) is 5.66 Å². The van der Waals surface area contributed by atoms with Crippen LogP contribution >= 0.6 is 11.8 Å². The summed E-state index contributed by atoms with van der Waals surface area (Å²) in [5.41, 5.74) is 2.52. The van der Waals surface area contributed by atoms with Crippen LogP contribution in [-0.4, -0.2) is 17.1 Å². The molecule has 4 nitrogen and oxygen atoms in total. The van der Waals surface area contributed by atoms with Crippen LogP contribution in [0.5, 0.6) is 0 Å². The number of hydrogen-bond donors (Lipinski definition) is 0. The number of aromatic nitrogens is 1. The predicted octanol–water partition coefficient (Wildman–Crippen LogP) is 4.20. The molecular formula is C16H16N4S. The molecule has 0 aliphatic carbocycles. The van der Waals surface area contributed by atoms with Crippen molar-refractivity contribution >= 4 is 18.1 Å². The zero-order valence-electron chi connectivity index (χ0n) is 12.0. The van der Waals surface area contributed by atoms with Crippen molar-refractivity contribution in [2.45, 2.75) is 24.4 Å². The number of aliphatic imine (C=N–C) groups is 1. The Morgan fingerprint density at radius 1 is 1.10 bits per heavy atom. The monoisotopic (exact) mass is 296 g/mol. The molecule has 1 aromatic heterocycles. The number of aryl methyl sites for hydroxylation is 1. The van der Waals surface area contributed by atoms with Crippen LogP contribution in [0.15, 0.2) is 62.8 Å². The van der Waals surface area contributed by atoms with Crippen LogP contribution in [0.4, 0.5) is 0 Å². The summed E-state index contributed by atoms with van der Waals surface area (Å²) in [6.45, 7) is 4.28. The van der Waals surface area contributed by atoms with Gasteiger partial charge in [-0.2, -0.15) is 0 Å². The summed E-state index contributed by atoms with van der Waals surface area (Å²) in [5.74, 6) is 1.04. The minimum absolute atomic E-state index is 0.764. The van der Waals surface area contributed by atoms with Crippen molar-refractivity contribution < 1.29 is 0 Å². The van der Waals surface area contributed by atoms with Gasteiger partial charge in [-0.25, -0.2) is 4.99 Å². The molecule has 0 saturated carbocycles. The van der Waals surface area contributed by atoms with Gasteiger partial charge in [-0.05, 0) is 36.4 Å². The van der Waals surface area contributed by atoms with Crippen molar-refractivity contribution in [3.05, 3.63) is 59.4 Å². The number of nitrogens with zero attached hydrogens (tertiary/aromatic N) is 4. The molecule has 106 valence electrons. The first-order valence-electron chi connectivity index (χ1n) is 6.86.